The molecule has 0 radical (unpaired) electrons. The van der Waals surface area contributed by atoms with Crippen molar-refractivity contribution < 1.29 is 30.8 Å². The van der Waals surface area contributed by atoms with Crippen LogP contribution >= 0.6 is 0 Å². The first-order chi connectivity index (χ1) is 61.5. The van der Waals surface area contributed by atoms with E-state index in [2.05, 4.69) is 159 Å². The SMILES string of the molecule is [2H]c1c([2H])c([2H])c2c(c1[2H])c1c([2H])c([2H])c([2H])c([2H])c1n2-c1ccc2c(c1)N(c1cccc3c1oc1c(-c4ccc5oc6ccccc6c5c4)cccc13)c1cc(-n3c4c([2H])c([2H])c([2H])c([2H])c4c4c([2H])c([2H])c([2H])c([2H])c43)cc3c1B2c1ccc(-n2c4ccc(C(C)(C)C)cc4c4cc(C(C)(C)C)ccc42)cc1N3c1ccc(-c2ccccc2)cc1-c1ccccc1. The van der Waals surface area contributed by atoms with E-state index in [-0.39, 0.29) is 65.8 Å². The lowest BCUT2D eigenvalue weighted by Gasteiger charge is -2.45. The Bertz CT molecular complexity index is 8370. The van der Waals surface area contributed by atoms with Crippen LogP contribution in [-0.4, -0.2) is 20.4 Å². The van der Waals surface area contributed by atoms with Gasteiger partial charge >= 0.3 is 0 Å². The molecule has 8 heteroatoms. The summed E-state index contributed by atoms with van der Waals surface area (Å²) < 4.78 is 174. The van der Waals surface area contributed by atoms with Gasteiger partial charge in [-0.2, -0.15) is 0 Å². The van der Waals surface area contributed by atoms with Crippen LogP contribution in [0, 0.1) is 0 Å². The highest BCUT2D eigenvalue weighted by molar-refractivity contribution is 7.00. The van der Waals surface area contributed by atoms with Crippen LogP contribution in [0.25, 0.3) is 160 Å². The molecule has 23 rings (SSSR count). The van der Waals surface area contributed by atoms with E-state index < -0.39 is 103 Å². The summed E-state index contributed by atoms with van der Waals surface area (Å²) in [6.45, 7) is 12.5. The van der Waals surface area contributed by atoms with Gasteiger partial charge in [0.2, 0.25) is 0 Å². The van der Waals surface area contributed by atoms with E-state index in [1.807, 2.05) is 140 Å². The molecule has 0 aliphatic carbocycles. The molecule has 0 fully saturated rings. The number of para-hydroxylation sites is 7. The Morgan fingerprint density at radius 2 is 0.750 bits per heavy atom. The van der Waals surface area contributed by atoms with Gasteiger partial charge in [0.1, 0.15) is 16.7 Å². The normalized spacial score (nSPS) is 15.0. The minimum Gasteiger partial charge on any atom is -0.456 e. The first-order valence-corrected chi connectivity index (χ1v) is 37.8. The van der Waals surface area contributed by atoms with Crippen LogP contribution in [0.3, 0.4) is 0 Å². The Kier molecular flexibility index (Phi) is 10.6. The summed E-state index contributed by atoms with van der Waals surface area (Å²) in [5.41, 5.74) is 17.5. The van der Waals surface area contributed by atoms with Crippen molar-refractivity contribution in [2.75, 3.05) is 9.80 Å². The highest BCUT2D eigenvalue weighted by Crippen LogP contribution is 2.53. The summed E-state index contributed by atoms with van der Waals surface area (Å²) in [5.74, 6) is 0. The molecule has 0 amide bonds. The van der Waals surface area contributed by atoms with Crippen molar-refractivity contribution in [1.82, 2.24) is 13.7 Å². The number of hydrogen-bond acceptors (Lipinski definition) is 4. The summed E-state index contributed by atoms with van der Waals surface area (Å²) in [6.07, 6.45) is 0. The summed E-state index contributed by atoms with van der Waals surface area (Å²) in [5, 5.41) is 4.91. The van der Waals surface area contributed by atoms with Crippen molar-refractivity contribution >= 4 is 167 Å². The number of furan rings is 2. The van der Waals surface area contributed by atoms with Crippen LogP contribution in [-0.2, 0) is 10.8 Å². The van der Waals surface area contributed by atoms with Crippen molar-refractivity contribution in [3.05, 3.63) is 350 Å². The lowest BCUT2D eigenvalue weighted by Crippen LogP contribution is -2.61. The fourth-order valence-corrected chi connectivity index (χ4v) is 18.0. The molecule has 0 saturated heterocycles. The van der Waals surface area contributed by atoms with E-state index in [4.69, 9.17) is 11.6 Å². The zero-order valence-electron chi connectivity index (χ0n) is 77.7. The average molecular weight is 1450 g/mol. The molecule has 530 valence electrons. The Labute approximate surface area is 670 Å². The summed E-state index contributed by atoms with van der Waals surface area (Å²) in [7, 11) is 0. The molecule has 7 nitrogen and oxygen atoms in total. The molecular weight excluding hydrogens is 1360 g/mol. The number of anilines is 6. The molecule has 2 aliphatic rings. The fourth-order valence-electron chi connectivity index (χ4n) is 18.0. The first kappa shape index (κ1) is 50.0. The third kappa shape index (κ3) is 9.48. The van der Waals surface area contributed by atoms with Crippen LogP contribution in [0.4, 0.5) is 34.1 Å². The number of aromatic nitrogens is 3. The van der Waals surface area contributed by atoms with Crippen LogP contribution in [0.1, 0.15) is 74.6 Å². The predicted molar refractivity (Wildman–Crippen MR) is 472 cm³/mol. The topological polar surface area (TPSA) is 47.6 Å². The van der Waals surface area contributed by atoms with E-state index >= 15 is 0 Å². The van der Waals surface area contributed by atoms with Gasteiger partial charge in [-0.1, -0.05) is 260 Å². The van der Waals surface area contributed by atoms with Crippen molar-refractivity contribution in [3.63, 3.8) is 0 Å². The maximum absolute atomic E-state index is 10.2. The number of nitrogens with zero attached hydrogens (tertiary/aromatic N) is 5. The number of fused-ring (bicyclic) bond motifs is 19. The van der Waals surface area contributed by atoms with E-state index in [9.17, 15) is 19.2 Å². The Hall–Kier alpha value is -13.8. The van der Waals surface area contributed by atoms with Gasteiger partial charge in [-0.05, 0) is 182 Å². The maximum atomic E-state index is 10.2. The van der Waals surface area contributed by atoms with E-state index in [1.165, 1.54) is 4.57 Å². The Morgan fingerprint density at radius 3 is 1.33 bits per heavy atom. The maximum Gasteiger partial charge on any atom is 0.252 e. The lowest BCUT2D eigenvalue weighted by molar-refractivity contribution is 0.590. The van der Waals surface area contributed by atoms with E-state index in [0.29, 0.717) is 67.2 Å². The molecule has 0 spiro atoms. The van der Waals surface area contributed by atoms with Gasteiger partial charge in [0.05, 0.1) is 72.1 Å². The second-order valence-corrected chi connectivity index (χ2v) is 31.6. The Balaban J connectivity index is 0.909. The largest absolute Gasteiger partial charge is 0.456 e. The van der Waals surface area contributed by atoms with Crippen molar-refractivity contribution in [2.45, 2.75) is 52.4 Å². The summed E-state index contributed by atoms with van der Waals surface area (Å²) >= 11 is 0. The van der Waals surface area contributed by atoms with Gasteiger partial charge in [0.25, 0.3) is 6.71 Å². The number of rotatable bonds is 8. The molecule has 112 heavy (non-hydrogen) atoms. The second-order valence-electron chi connectivity index (χ2n) is 31.6. The quantitative estimate of drug-likeness (QED) is 0.142. The summed E-state index contributed by atoms with van der Waals surface area (Å²) in [6, 6.07) is 73.4. The predicted octanol–water partition coefficient (Wildman–Crippen LogP) is 26.5. The van der Waals surface area contributed by atoms with E-state index in [1.54, 1.807) is 4.57 Å². The highest BCUT2D eigenvalue weighted by atomic mass is 16.3. The average Bonchev–Trinajstić information content (AvgIpc) is 0.879. The zero-order chi connectivity index (χ0) is 88.5. The minimum absolute atomic E-state index is 0.104. The third-order valence-corrected chi connectivity index (χ3v) is 23.2. The standard InChI is InChI=1S/C104H74BN5O2/c1-103(2,3)67-45-52-91-81(57-67)82-58-68(104(4,5)6)46-53-92(82)107(91)70-48-49-84-94(59-70)109(90-51-43-65(63-25-9-7-10-26-63)55-80(90)64-27-11-8-12-28-64)96-61-71(108-88-39-20-15-31-75(88)76-32-16-21-40-89(76)108)62-97-100(96)105(84)85-50-47-69(106-86-37-18-13-29-73(86)74-30-14-19-38-87(74)106)60-95(85)110(97)93-41-24-36-79-78-35-23-34-72(101(78)112-102(79)93)66-44-54-99-83(56-66)77-33-17-22-42-98(77)111-99/h7-62H,1-6H3/i13D,14D,15D,16D,18D,19D,20D,21D,29D,30D,31D,32D,37D,38D,39D,40D. The molecule has 16 aromatic carbocycles. The molecule has 7 heterocycles. The smallest absolute Gasteiger partial charge is 0.252 e. The zero-order valence-corrected chi connectivity index (χ0v) is 61.7. The van der Waals surface area contributed by atoms with E-state index in [0.717, 1.165) is 99.2 Å². The lowest BCUT2D eigenvalue weighted by atomic mass is 9.33. The van der Waals surface area contributed by atoms with Gasteiger partial charge in [-0.3, -0.25) is 0 Å². The fraction of sp³-hybridized carbons (Fsp3) is 0.0769. The van der Waals surface area contributed by atoms with Gasteiger partial charge < -0.3 is 32.3 Å². The summed E-state index contributed by atoms with van der Waals surface area (Å²) in [4.78, 5) is 4.33. The second kappa shape index (κ2) is 23.8. The van der Waals surface area contributed by atoms with Crippen molar-refractivity contribution in [1.29, 1.82) is 0 Å². The van der Waals surface area contributed by atoms with Gasteiger partial charge in [0.15, 0.2) is 5.58 Å². The molecule has 2 aliphatic heterocycles. The van der Waals surface area contributed by atoms with Crippen LogP contribution in [0.15, 0.2) is 348 Å². The van der Waals surface area contributed by atoms with Crippen molar-refractivity contribution in [2.24, 2.45) is 0 Å². The number of benzene rings is 16. The first-order valence-electron chi connectivity index (χ1n) is 45.8. The minimum atomic E-state index is -0.823. The van der Waals surface area contributed by atoms with Crippen LogP contribution < -0.4 is 26.2 Å². The Morgan fingerprint density at radius 1 is 0.277 bits per heavy atom. The molecule has 0 saturated carbocycles. The molecule has 5 aromatic heterocycles. The molecular formula is C104H74BN5O2. The molecule has 0 N–H and O–H groups in total. The number of hydrogen-bond donors (Lipinski definition) is 0. The third-order valence-electron chi connectivity index (χ3n) is 23.2. The molecule has 0 bridgehead atoms. The molecule has 0 atom stereocenters. The van der Waals surface area contributed by atoms with Crippen LogP contribution in [0.5, 0.6) is 0 Å². The highest BCUT2D eigenvalue weighted by Gasteiger charge is 2.46. The van der Waals surface area contributed by atoms with Gasteiger partial charge in [-0.15, -0.1) is 0 Å². The molecule has 21 aromatic rings. The van der Waals surface area contributed by atoms with Gasteiger partial charge in [0, 0.05) is 99.1 Å². The molecule has 0 unspecified atom stereocenters. The van der Waals surface area contributed by atoms with Crippen LogP contribution in [0.2, 0.25) is 0 Å². The monoisotopic (exact) mass is 1450 g/mol. The van der Waals surface area contributed by atoms with Gasteiger partial charge in [-0.25, -0.2) is 0 Å². The van der Waals surface area contributed by atoms with Crippen molar-refractivity contribution in [3.8, 4) is 50.4 Å².